The minimum Gasteiger partial charge on any atom is -0.487 e. The summed E-state index contributed by atoms with van der Waals surface area (Å²) in [6, 6.07) is 2.06. The third-order valence-corrected chi connectivity index (χ3v) is 7.76. The van der Waals surface area contributed by atoms with Crippen molar-refractivity contribution in [1.82, 2.24) is 10.2 Å². The van der Waals surface area contributed by atoms with E-state index in [2.05, 4.69) is 16.2 Å². The molecule has 4 rings (SSSR count). The van der Waals surface area contributed by atoms with E-state index >= 15 is 0 Å². The van der Waals surface area contributed by atoms with E-state index < -0.39 is 40.9 Å². The molecule has 40 heavy (non-hydrogen) atoms. The largest absolute Gasteiger partial charge is 0.487 e. The number of hydrogen-bond donors (Lipinski definition) is 2. The van der Waals surface area contributed by atoms with Crippen molar-refractivity contribution in [2.75, 3.05) is 13.7 Å². The maximum atomic E-state index is 13.4. The van der Waals surface area contributed by atoms with Gasteiger partial charge in [-0.2, -0.15) is 13.2 Å². The van der Waals surface area contributed by atoms with E-state index in [-0.39, 0.29) is 48.7 Å². The molecule has 5 atom stereocenters. The highest BCUT2D eigenvalue weighted by Crippen LogP contribution is 2.47. The van der Waals surface area contributed by atoms with Crippen molar-refractivity contribution in [3.05, 3.63) is 41.5 Å². The van der Waals surface area contributed by atoms with Crippen molar-refractivity contribution in [2.45, 2.75) is 75.9 Å². The van der Waals surface area contributed by atoms with Gasteiger partial charge in [-0.25, -0.2) is 4.99 Å². The first-order chi connectivity index (χ1) is 18.7. The zero-order chi connectivity index (χ0) is 29.5. The Bertz CT molecular complexity index is 1270. The Kier molecular flexibility index (Phi) is 7.96. The number of alkyl halides is 3. The maximum absolute atomic E-state index is 13.4. The van der Waals surface area contributed by atoms with Gasteiger partial charge < -0.3 is 20.5 Å². The lowest BCUT2D eigenvalue weighted by molar-refractivity contribution is -0.137. The summed E-state index contributed by atoms with van der Waals surface area (Å²) in [5.41, 5.74) is 4.03. The molecule has 0 aromatic heterocycles. The second-order valence-electron chi connectivity index (χ2n) is 11.2. The Labute approximate surface area is 232 Å². The van der Waals surface area contributed by atoms with E-state index in [1.54, 1.807) is 12.2 Å². The predicted molar refractivity (Wildman–Crippen MR) is 143 cm³/mol. The second kappa shape index (κ2) is 10.8. The minimum atomic E-state index is -4.53. The van der Waals surface area contributed by atoms with Crippen molar-refractivity contribution >= 4 is 17.8 Å². The van der Waals surface area contributed by atoms with Gasteiger partial charge in [-0.15, -0.1) is 6.42 Å². The van der Waals surface area contributed by atoms with Gasteiger partial charge in [0.1, 0.15) is 16.9 Å². The number of nitrogens with zero attached hydrogens (tertiary/aromatic N) is 2. The topological polar surface area (TPSA) is 106 Å². The number of rotatable bonds is 8. The van der Waals surface area contributed by atoms with E-state index in [9.17, 15) is 22.8 Å². The average Bonchev–Trinajstić information content (AvgIpc) is 3.67. The summed E-state index contributed by atoms with van der Waals surface area (Å²) >= 11 is 0. The van der Waals surface area contributed by atoms with Crippen molar-refractivity contribution in [1.29, 1.82) is 0 Å². The van der Waals surface area contributed by atoms with Crippen LogP contribution in [0.4, 0.5) is 13.2 Å². The zero-order valence-corrected chi connectivity index (χ0v) is 23.0. The van der Waals surface area contributed by atoms with Crippen LogP contribution in [0.3, 0.4) is 0 Å². The molecule has 2 heterocycles. The predicted octanol–water partition coefficient (Wildman–Crippen LogP) is 3.96. The molecular formula is C29H35F3N4O4. The number of aliphatic imine (C=N–C) groups is 1. The molecular weight excluding hydrogens is 525 g/mol. The third kappa shape index (κ3) is 5.97. The number of nitrogens with one attached hydrogen (secondary N) is 1. The van der Waals surface area contributed by atoms with Crippen LogP contribution in [0.2, 0.25) is 0 Å². The lowest BCUT2D eigenvalue weighted by Crippen LogP contribution is -2.55. The van der Waals surface area contributed by atoms with Gasteiger partial charge in [0.2, 0.25) is 11.8 Å². The molecule has 3 aliphatic rings. The zero-order valence-electron chi connectivity index (χ0n) is 23.0. The number of nitrogens with two attached hydrogens (primary N) is 1. The van der Waals surface area contributed by atoms with Gasteiger partial charge in [0.05, 0.1) is 30.7 Å². The average molecular weight is 561 g/mol. The molecule has 1 aromatic carbocycles. The van der Waals surface area contributed by atoms with Crippen LogP contribution in [0.1, 0.15) is 63.6 Å². The van der Waals surface area contributed by atoms with Crippen molar-refractivity contribution in [2.24, 2.45) is 22.6 Å². The summed E-state index contributed by atoms with van der Waals surface area (Å²) in [6.07, 6.45) is 5.85. The first-order valence-electron chi connectivity index (χ1n) is 13.3. The first-order valence-corrected chi connectivity index (χ1v) is 13.3. The molecule has 2 amide bonds. The maximum Gasteiger partial charge on any atom is 0.416 e. The molecule has 1 aliphatic carbocycles. The molecule has 216 valence electrons. The van der Waals surface area contributed by atoms with Crippen LogP contribution in [-0.2, 0) is 20.5 Å². The van der Waals surface area contributed by atoms with E-state index in [4.69, 9.17) is 21.6 Å². The summed E-state index contributed by atoms with van der Waals surface area (Å²) in [5, 5.41) is 2.95. The van der Waals surface area contributed by atoms with Crippen LogP contribution >= 0.6 is 0 Å². The molecule has 11 heteroatoms. The fourth-order valence-electron chi connectivity index (χ4n) is 5.53. The number of guanidine groups is 1. The number of ether oxygens (including phenoxy) is 2. The Hall–Kier alpha value is -3.52. The number of carbonyl (C=O) groups is 2. The Morgan fingerprint density at radius 3 is 2.75 bits per heavy atom. The molecule has 0 saturated heterocycles. The summed E-state index contributed by atoms with van der Waals surface area (Å²) in [5.74, 6) is 1.53. The molecule has 3 unspecified atom stereocenters. The van der Waals surface area contributed by atoms with Gasteiger partial charge in [-0.05, 0) is 50.8 Å². The van der Waals surface area contributed by atoms with Crippen LogP contribution in [0.25, 0.3) is 0 Å². The quantitative estimate of drug-likeness (QED) is 0.370. The van der Waals surface area contributed by atoms with Crippen molar-refractivity contribution in [3.63, 3.8) is 0 Å². The van der Waals surface area contributed by atoms with E-state index in [1.807, 2.05) is 20.8 Å². The normalized spacial score (nSPS) is 28.2. The van der Waals surface area contributed by atoms with Gasteiger partial charge in [0.25, 0.3) is 0 Å². The molecule has 1 fully saturated rings. The monoisotopic (exact) mass is 560 g/mol. The summed E-state index contributed by atoms with van der Waals surface area (Å²) in [7, 11) is 1.54. The van der Waals surface area contributed by atoms with E-state index in [0.717, 1.165) is 12.1 Å². The number of terminal acetylenes is 1. The SMILES string of the molecule is C#C[C@@]1(CC)CC(=O)N(C(/C=C/COC)[C@H]2CC2C(=O)NC2CC(C)(C)Oc3ccc(C(F)(F)F)cc32)C(N)=N1. The summed E-state index contributed by atoms with van der Waals surface area (Å²) in [6.45, 7) is 5.77. The molecule has 8 nitrogen and oxygen atoms in total. The van der Waals surface area contributed by atoms with Crippen molar-refractivity contribution < 1.29 is 32.2 Å². The fraction of sp³-hybridized carbons (Fsp3) is 0.552. The van der Waals surface area contributed by atoms with Crippen LogP contribution in [-0.4, -0.2) is 53.6 Å². The molecule has 1 saturated carbocycles. The Morgan fingerprint density at radius 2 is 2.15 bits per heavy atom. The first kappa shape index (κ1) is 29.5. The number of benzene rings is 1. The number of fused-ring (bicyclic) bond motifs is 1. The van der Waals surface area contributed by atoms with Crippen LogP contribution in [0.5, 0.6) is 5.75 Å². The van der Waals surface area contributed by atoms with Crippen LogP contribution in [0, 0.1) is 24.2 Å². The van der Waals surface area contributed by atoms with Crippen LogP contribution < -0.4 is 15.8 Å². The van der Waals surface area contributed by atoms with E-state index in [1.165, 1.54) is 18.1 Å². The standard InChI is InChI=1S/C29H35F3N4O4/c1-6-28(7-2)16-24(37)36(26(33)35-28)22(9-8-12-39-5)18-14-19(18)25(38)34-21-15-27(3,4)40-23-11-10-17(13-20(21)23)29(30,31)32/h1,8-11,13,18-19,21-22H,7,12,14-16H2,2-5H3,(H2,33,35)(H,34,38)/b9-8+/t18-,19?,21?,22?,28+/m0/s1. The van der Waals surface area contributed by atoms with Gasteiger partial charge >= 0.3 is 6.18 Å². The number of halogens is 3. The molecule has 1 aromatic rings. The number of methoxy groups -OCH3 is 1. The van der Waals surface area contributed by atoms with Crippen LogP contribution in [0.15, 0.2) is 35.3 Å². The molecule has 0 spiro atoms. The molecule has 2 aliphatic heterocycles. The van der Waals surface area contributed by atoms with Gasteiger partial charge in [-0.3, -0.25) is 14.5 Å². The third-order valence-electron chi connectivity index (χ3n) is 7.76. The Morgan fingerprint density at radius 1 is 1.43 bits per heavy atom. The smallest absolute Gasteiger partial charge is 0.416 e. The van der Waals surface area contributed by atoms with Gasteiger partial charge in [0.15, 0.2) is 5.96 Å². The summed E-state index contributed by atoms with van der Waals surface area (Å²) in [4.78, 5) is 32.6. The fourth-order valence-corrected chi connectivity index (χ4v) is 5.53. The summed E-state index contributed by atoms with van der Waals surface area (Å²) < 4.78 is 51.3. The minimum absolute atomic E-state index is 0.00558. The lowest BCUT2D eigenvalue weighted by atomic mass is 9.88. The Balaban J connectivity index is 1.57. The van der Waals surface area contributed by atoms with E-state index in [0.29, 0.717) is 18.6 Å². The van der Waals surface area contributed by atoms with Gasteiger partial charge in [0, 0.05) is 25.0 Å². The molecule has 0 radical (unpaired) electrons. The highest BCUT2D eigenvalue weighted by molar-refractivity contribution is 6.00. The molecule has 0 bridgehead atoms. The highest BCUT2D eigenvalue weighted by Gasteiger charge is 2.52. The number of amides is 2. The molecule has 3 N–H and O–H groups in total. The number of carbonyl (C=O) groups excluding carboxylic acids is 2. The highest BCUT2D eigenvalue weighted by atomic mass is 19.4. The second-order valence-corrected chi connectivity index (χ2v) is 11.2. The van der Waals surface area contributed by atoms with Gasteiger partial charge in [-0.1, -0.05) is 25.0 Å². The number of hydrogen-bond acceptors (Lipinski definition) is 6. The lowest BCUT2D eigenvalue weighted by Gasteiger charge is -2.38. The van der Waals surface area contributed by atoms with Crippen molar-refractivity contribution in [3.8, 4) is 18.1 Å².